The number of aromatic amines is 1. The van der Waals surface area contributed by atoms with E-state index in [1.54, 1.807) is 0 Å². The van der Waals surface area contributed by atoms with Crippen LogP contribution >= 0.6 is 0 Å². The molecule has 2 rings (SSSR count). The Balaban J connectivity index is 1.81. The molecule has 0 aliphatic carbocycles. The molecule has 0 fully saturated rings. The zero-order chi connectivity index (χ0) is 18.4. The first-order valence-electron chi connectivity index (χ1n) is 7.47. The van der Waals surface area contributed by atoms with Crippen molar-refractivity contribution >= 4 is 11.7 Å². The number of nitrogens with zero attached hydrogens (tertiary/aromatic N) is 2. The fourth-order valence-corrected chi connectivity index (χ4v) is 2.30. The number of nitrogens with two attached hydrogens (primary N) is 1. The average molecular weight is 351 g/mol. The molecule has 4 N–H and O–H groups in total. The number of hydrogen-bond acceptors (Lipinski definition) is 4. The number of H-pyrrole nitrogens is 1. The number of benzene rings is 1. The third-order valence-corrected chi connectivity index (χ3v) is 3.53. The summed E-state index contributed by atoms with van der Waals surface area (Å²) in [5, 5.41) is 18.0. The van der Waals surface area contributed by atoms with Crippen molar-refractivity contribution in [1.29, 1.82) is 5.26 Å². The maximum absolute atomic E-state index is 12.6. The van der Waals surface area contributed by atoms with E-state index in [0.29, 0.717) is 30.6 Å². The number of hydrogen-bond donors (Lipinski definition) is 3. The lowest BCUT2D eigenvalue weighted by Gasteiger charge is -2.09. The first-order valence-corrected chi connectivity index (χ1v) is 7.47. The maximum atomic E-state index is 12.6. The number of anilines is 1. The van der Waals surface area contributed by atoms with E-state index < -0.39 is 11.7 Å². The smallest absolute Gasteiger partial charge is 0.381 e. The molecule has 0 unspecified atom stereocenters. The number of nitriles is 1. The summed E-state index contributed by atoms with van der Waals surface area (Å²) in [4.78, 5) is 11.8. The van der Waals surface area contributed by atoms with E-state index in [0.717, 1.165) is 12.1 Å². The number of nitrogen functional groups attached to an aromatic ring is 1. The van der Waals surface area contributed by atoms with E-state index >= 15 is 0 Å². The summed E-state index contributed by atoms with van der Waals surface area (Å²) < 4.78 is 37.9. The van der Waals surface area contributed by atoms with Crippen molar-refractivity contribution in [2.24, 2.45) is 0 Å². The molecular formula is C16H16F3N5O. The summed E-state index contributed by atoms with van der Waals surface area (Å²) in [7, 11) is 0. The minimum atomic E-state index is -4.43. The van der Waals surface area contributed by atoms with Gasteiger partial charge in [-0.3, -0.25) is 9.89 Å². The number of halogens is 3. The summed E-state index contributed by atoms with van der Waals surface area (Å²) in [6.07, 6.45) is -3.57. The van der Waals surface area contributed by atoms with Crippen LogP contribution in [0.2, 0.25) is 0 Å². The van der Waals surface area contributed by atoms with Gasteiger partial charge in [-0.25, -0.2) is 0 Å². The lowest BCUT2D eigenvalue weighted by Crippen LogP contribution is -2.26. The highest BCUT2D eigenvalue weighted by molar-refractivity contribution is 5.78. The van der Waals surface area contributed by atoms with Crippen LogP contribution in [0.4, 0.5) is 19.0 Å². The number of alkyl halides is 3. The first kappa shape index (κ1) is 18.3. The van der Waals surface area contributed by atoms with Crippen molar-refractivity contribution in [3.05, 3.63) is 46.6 Å². The van der Waals surface area contributed by atoms with Crippen LogP contribution in [0.1, 0.15) is 28.8 Å². The zero-order valence-electron chi connectivity index (χ0n) is 13.2. The van der Waals surface area contributed by atoms with Crippen LogP contribution in [0.5, 0.6) is 0 Å². The quantitative estimate of drug-likeness (QED) is 0.693. The monoisotopic (exact) mass is 351 g/mol. The molecular weight excluding hydrogens is 335 g/mol. The molecule has 0 bridgehead atoms. The molecule has 1 amide bonds. The lowest BCUT2D eigenvalue weighted by atomic mass is 10.1. The second-order valence-corrected chi connectivity index (χ2v) is 5.40. The zero-order valence-corrected chi connectivity index (χ0v) is 13.2. The number of rotatable bonds is 6. The molecule has 0 saturated carbocycles. The van der Waals surface area contributed by atoms with Gasteiger partial charge in [-0.05, 0) is 24.5 Å². The molecule has 2 aromatic rings. The number of aromatic nitrogens is 2. The van der Waals surface area contributed by atoms with Gasteiger partial charge in [0.1, 0.15) is 11.6 Å². The van der Waals surface area contributed by atoms with Crippen molar-refractivity contribution < 1.29 is 18.0 Å². The Morgan fingerprint density at radius 3 is 2.84 bits per heavy atom. The summed E-state index contributed by atoms with van der Waals surface area (Å²) in [6, 6.07) is 6.62. The van der Waals surface area contributed by atoms with Crippen molar-refractivity contribution in [3.63, 3.8) is 0 Å². The van der Waals surface area contributed by atoms with Crippen LogP contribution in [-0.2, 0) is 23.8 Å². The van der Waals surface area contributed by atoms with Gasteiger partial charge in [-0.1, -0.05) is 18.2 Å². The molecule has 0 radical (unpaired) electrons. The Hall–Kier alpha value is -3.02. The molecule has 0 spiro atoms. The Bertz CT molecular complexity index is 792. The summed E-state index contributed by atoms with van der Waals surface area (Å²) in [5.74, 6) is -0.241. The van der Waals surface area contributed by atoms with Gasteiger partial charge in [0.2, 0.25) is 5.91 Å². The van der Waals surface area contributed by atoms with E-state index in [4.69, 9.17) is 11.0 Å². The second-order valence-electron chi connectivity index (χ2n) is 5.40. The van der Waals surface area contributed by atoms with Gasteiger partial charge in [0.25, 0.3) is 0 Å². The molecule has 0 saturated heterocycles. The number of aryl methyl sites for hydroxylation is 1. The van der Waals surface area contributed by atoms with Gasteiger partial charge in [0, 0.05) is 6.54 Å². The Labute approximate surface area is 141 Å². The van der Waals surface area contributed by atoms with Crippen molar-refractivity contribution in [2.75, 3.05) is 12.3 Å². The molecule has 1 aromatic carbocycles. The molecule has 0 atom stereocenters. The summed E-state index contributed by atoms with van der Waals surface area (Å²) in [6.45, 7) is 0.321. The molecule has 0 aliphatic rings. The normalized spacial score (nSPS) is 11.1. The second kappa shape index (κ2) is 7.70. The Morgan fingerprint density at radius 1 is 1.40 bits per heavy atom. The molecule has 1 aromatic heterocycles. The highest BCUT2D eigenvalue weighted by Gasteiger charge is 2.30. The molecule has 25 heavy (non-hydrogen) atoms. The van der Waals surface area contributed by atoms with Crippen LogP contribution in [0.3, 0.4) is 0 Å². The van der Waals surface area contributed by atoms with E-state index in [1.807, 2.05) is 6.07 Å². The van der Waals surface area contributed by atoms with Gasteiger partial charge >= 0.3 is 6.18 Å². The van der Waals surface area contributed by atoms with Crippen LogP contribution in [0, 0.1) is 11.3 Å². The van der Waals surface area contributed by atoms with Crippen molar-refractivity contribution in [1.82, 2.24) is 15.5 Å². The largest absolute Gasteiger partial charge is 0.416 e. The summed E-state index contributed by atoms with van der Waals surface area (Å²) in [5.41, 5.74) is 5.91. The van der Waals surface area contributed by atoms with Crippen LogP contribution < -0.4 is 11.1 Å². The lowest BCUT2D eigenvalue weighted by molar-refractivity contribution is -0.137. The third-order valence-electron chi connectivity index (χ3n) is 3.53. The third kappa shape index (κ3) is 4.97. The molecule has 6 nitrogen and oxygen atoms in total. The minimum Gasteiger partial charge on any atom is -0.381 e. The van der Waals surface area contributed by atoms with E-state index in [2.05, 4.69) is 15.5 Å². The van der Waals surface area contributed by atoms with Crippen LogP contribution in [0.15, 0.2) is 24.3 Å². The predicted octanol–water partition coefficient (Wildman–Crippen LogP) is 2.17. The van der Waals surface area contributed by atoms with Crippen LogP contribution in [0.25, 0.3) is 0 Å². The summed E-state index contributed by atoms with van der Waals surface area (Å²) >= 11 is 0. The van der Waals surface area contributed by atoms with Gasteiger partial charge in [-0.2, -0.15) is 23.5 Å². The van der Waals surface area contributed by atoms with Gasteiger partial charge in [0.05, 0.1) is 17.7 Å². The number of nitrogens with one attached hydrogen (secondary N) is 2. The fourth-order valence-electron chi connectivity index (χ4n) is 2.30. The van der Waals surface area contributed by atoms with Gasteiger partial charge in [0.15, 0.2) is 5.82 Å². The van der Waals surface area contributed by atoms with Crippen LogP contribution in [-0.4, -0.2) is 22.6 Å². The SMILES string of the molecule is N#Cc1c(N)n[nH]c1CCCNC(=O)Cc1cccc(C(F)(F)F)c1. The number of amides is 1. The number of carbonyl (C=O) groups excluding carboxylic acids is 1. The predicted molar refractivity (Wildman–Crippen MR) is 84.2 cm³/mol. The van der Waals surface area contributed by atoms with E-state index in [1.165, 1.54) is 12.1 Å². The fraction of sp³-hybridized carbons (Fsp3) is 0.312. The minimum absolute atomic E-state index is 0.131. The molecule has 0 aliphatic heterocycles. The van der Waals surface area contributed by atoms with Gasteiger partial charge < -0.3 is 11.1 Å². The first-order chi connectivity index (χ1) is 11.8. The van der Waals surface area contributed by atoms with E-state index in [-0.39, 0.29) is 23.7 Å². The molecule has 9 heteroatoms. The topological polar surface area (TPSA) is 108 Å². The van der Waals surface area contributed by atoms with Gasteiger partial charge in [-0.15, -0.1) is 0 Å². The highest BCUT2D eigenvalue weighted by Crippen LogP contribution is 2.29. The van der Waals surface area contributed by atoms with Crippen molar-refractivity contribution in [3.8, 4) is 6.07 Å². The van der Waals surface area contributed by atoms with E-state index in [9.17, 15) is 18.0 Å². The molecule has 1 heterocycles. The maximum Gasteiger partial charge on any atom is 0.416 e. The standard InChI is InChI=1S/C16H16F3N5O/c17-16(18,19)11-4-1-3-10(7-11)8-14(25)22-6-2-5-13-12(9-20)15(21)24-23-13/h1,3-4,7H,2,5-6,8H2,(H,22,25)(H3,21,23,24). The highest BCUT2D eigenvalue weighted by atomic mass is 19.4. The average Bonchev–Trinajstić information content (AvgIpc) is 2.91. The Morgan fingerprint density at radius 2 is 2.16 bits per heavy atom. The number of carbonyl (C=O) groups is 1. The molecule has 132 valence electrons. The van der Waals surface area contributed by atoms with Crippen molar-refractivity contribution in [2.45, 2.75) is 25.4 Å². The Kier molecular flexibility index (Phi) is 5.64.